The van der Waals surface area contributed by atoms with Crippen molar-refractivity contribution in [2.45, 2.75) is 64.2 Å². The minimum atomic E-state index is -0.774. The van der Waals surface area contributed by atoms with Gasteiger partial charge in [0.25, 0.3) is 0 Å². The van der Waals surface area contributed by atoms with Crippen molar-refractivity contribution in [3.8, 4) is 17.2 Å². The van der Waals surface area contributed by atoms with Crippen molar-refractivity contribution >= 4 is 0 Å². The van der Waals surface area contributed by atoms with E-state index in [1.54, 1.807) is 6.07 Å². The predicted octanol–water partition coefficient (Wildman–Crippen LogP) is 7.50. The van der Waals surface area contributed by atoms with E-state index in [0.717, 1.165) is 37.7 Å². The zero-order valence-electron chi connectivity index (χ0n) is 16.3. The maximum atomic E-state index is 14.7. The van der Waals surface area contributed by atoms with Crippen LogP contribution in [-0.4, -0.2) is 0 Å². The molecular formula is C24H26F3N. The Balaban J connectivity index is 1.74. The van der Waals surface area contributed by atoms with Gasteiger partial charge in [-0.25, -0.2) is 13.2 Å². The minimum Gasteiger partial charge on any atom is -0.206 e. The van der Waals surface area contributed by atoms with Gasteiger partial charge in [-0.15, -0.1) is 0 Å². The summed E-state index contributed by atoms with van der Waals surface area (Å²) in [7, 11) is 0. The molecule has 148 valence electrons. The monoisotopic (exact) mass is 385 g/mol. The summed E-state index contributed by atoms with van der Waals surface area (Å²) in [6.07, 6.45) is 9.16. The van der Waals surface area contributed by atoms with Crippen LogP contribution in [0.1, 0.15) is 75.3 Å². The fourth-order valence-electron chi connectivity index (χ4n) is 4.33. The van der Waals surface area contributed by atoms with Gasteiger partial charge in [-0.3, -0.25) is 0 Å². The molecule has 1 saturated carbocycles. The summed E-state index contributed by atoms with van der Waals surface area (Å²) in [5.74, 6) is -1.21. The Morgan fingerprint density at radius 3 is 2.18 bits per heavy atom. The van der Waals surface area contributed by atoms with E-state index in [1.807, 2.05) is 0 Å². The van der Waals surface area contributed by atoms with Crippen molar-refractivity contribution in [3.63, 3.8) is 0 Å². The van der Waals surface area contributed by atoms with Gasteiger partial charge in [-0.05, 0) is 72.9 Å². The van der Waals surface area contributed by atoms with E-state index < -0.39 is 17.5 Å². The van der Waals surface area contributed by atoms with Crippen LogP contribution in [0.4, 0.5) is 13.2 Å². The molecule has 1 nitrogen and oxygen atoms in total. The van der Waals surface area contributed by atoms with Crippen LogP contribution in [0.25, 0.3) is 11.1 Å². The molecule has 0 atom stereocenters. The standard InChI is InChI=1S/C24H26F3N/c1-2-3-4-5-16-6-8-17(9-7-16)20-13-22(26)24(23(27)14-20)18-10-11-19(15-28)21(25)12-18/h10-14,16-17H,2-9H2,1H3. The van der Waals surface area contributed by atoms with Crippen molar-refractivity contribution in [1.29, 1.82) is 5.26 Å². The van der Waals surface area contributed by atoms with Gasteiger partial charge in [0.2, 0.25) is 0 Å². The van der Waals surface area contributed by atoms with Crippen LogP contribution in [0.5, 0.6) is 0 Å². The second kappa shape index (κ2) is 9.28. The van der Waals surface area contributed by atoms with Gasteiger partial charge in [-0.2, -0.15) is 5.26 Å². The number of hydrogen-bond donors (Lipinski definition) is 0. The largest absolute Gasteiger partial charge is 0.206 e. The molecular weight excluding hydrogens is 359 g/mol. The van der Waals surface area contributed by atoms with Crippen LogP contribution >= 0.6 is 0 Å². The van der Waals surface area contributed by atoms with Crippen LogP contribution in [-0.2, 0) is 0 Å². The molecule has 0 radical (unpaired) electrons. The van der Waals surface area contributed by atoms with Crippen molar-refractivity contribution in [2.75, 3.05) is 0 Å². The first-order chi connectivity index (χ1) is 13.5. The van der Waals surface area contributed by atoms with E-state index in [1.165, 1.54) is 49.9 Å². The molecule has 0 aliphatic heterocycles. The number of nitriles is 1. The molecule has 1 aliphatic rings. The molecule has 0 N–H and O–H groups in total. The lowest BCUT2D eigenvalue weighted by atomic mass is 9.77. The van der Waals surface area contributed by atoms with Crippen molar-refractivity contribution in [2.24, 2.45) is 5.92 Å². The van der Waals surface area contributed by atoms with Gasteiger partial charge >= 0.3 is 0 Å². The van der Waals surface area contributed by atoms with Gasteiger partial charge in [0, 0.05) is 0 Å². The fraction of sp³-hybridized carbons (Fsp3) is 0.458. The molecule has 1 fully saturated rings. The number of benzene rings is 2. The number of unbranched alkanes of at least 4 members (excludes halogenated alkanes) is 2. The average Bonchev–Trinajstić information content (AvgIpc) is 2.68. The summed E-state index contributed by atoms with van der Waals surface area (Å²) in [5, 5.41) is 8.81. The molecule has 0 unspecified atom stereocenters. The predicted molar refractivity (Wildman–Crippen MR) is 105 cm³/mol. The van der Waals surface area contributed by atoms with E-state index in [2.05, 4.69) is 6.92 Å². The van der Waals surface area contributed by atoms with Crippen molar-refractivity contribution in [3.05, 3.63) is 58.9 Å². The smallest absolute Gasteiger partial charge is 0.141 e. The Morgan fingerprint density at radius 2 is 1.61 bits per heavy atom. The third kappa shape index (κ3) is 4.58. The summed E-state index contributed by atoms with van der Waals surface area (Å²) < 4.78 is 43.3. The Bertz CT molecular complexity index is 838. The molecule has 0 heterocycles. The molecule has 4 heteroatoms. The Morgan fingerprint density at radius 1 is 0.929 bits per heavy atom. The van der Waals surface area contributed by atoms with Crippen LogP contribution in [0.3, 0.4) is 0 Å². The highest BCUT2D eigenvalue weighted by molar-refractivity contribution is 5.66. The zero-order valence-corrected chi connectivity index (χ0v) is 16.3. The molecule has 0 bridgehead atoms. The molecule has 3 rings (SSSR count). The summed E-state index contributed by atoms with van der Waals surface area (Å²) >= 11 is 0. The van der Waals surface area contributed by atoms with Gasteiger partial charge in [0.15, 0.2) is 0 Å². The normalized spacial score (nSPS) is 19.4. The second-order valence-electron chi connectivity index (χ2n) is 7.88. The summed E-state index contributed by atoms with van der Waals surface area (Å²) in [6, 6.07) is 8.15. The first kappa shape index (κ1) is 20.5. The molecule has 2 aromatic rings. The first-order valence-electron chi connectivity index (χ1n) is 10.2. The highest BCUT2D eigenvalue weighted by atomic mass is 19.1. The SMILES string of the molecule is CCCCCC1CCC(c2cc(F)c(-c3ccc(C#N)c(F)c3)c(F)c2)CC1. The number of rotatable bonds is 6. The lowest BCUT2D eigenvalue weighted by molar-refractivity contribution is 0.302. The third-order valence-corrected chi connectivity index (χ3v) is 5.98. The minimum absolute atomic E-state index is 0.109. The van der Waals surface area contributed by atoms with Crippen LogP contribution in [0, 0.1) is 34.7 Å². The van der Waals surface area contributed by atoms with Crippen molar-refractivity contribution in [1.82, 2.24) is 0 Å². The lowest BCUT2D eigenvalue weighted by Gasteiger charge is -2.29. The van der Waals surface area contributed by atoms with E-state index in [0.29, 0.717) is 5.56 Å². The highest BCUT2D eigenvalue weighted by Crippen LogP contribution is 2.39. The summed E-state index contributed by atoms with van der Waals surface area (Å²) in [6.45, 7) is 2.20. The molecule has 0 amide bonds. The van der Waals surface area contributed by atoms with Gasteiger partial charge in [0.1, 0.15) is 23.5 Å². The Kier molecular flexibility index (Phi) is 6.78. The Hall–Kier alpha value is -2.28. The molecule has 0 spiro atoms. The highest BCUT2D eigenvalue weighted by Gasteiger charge is 2.24. The molecule has 2 aromatic carbocycles. The van der Waals surface area contributed by atoms with E-state index in [4.69, 9.17) is 5.26 Å². The summed E-state index contributed by atoms with van der Waals surface area (Å²) in [4.78, 5) is 0. The Labute approximate surface area is 165 Å². The maximum absolute atomic E-state index is 14.7. The second-order valence-corrected chi connectivity index (χ2v) is 7.88. The number of hydrogen-bond acceptors (Lipinski definition) is 1. The van der Waals surface area contributed by atoms with E-state index >= 15 is 0 Å². The van der Waals surface area contributed by atoms with Crippen molar-refractivity contribution < 1.29 is 13.2 Å². The molecule has 1 aliphatic carbocycles. The quantitative estimate of drug-likeness (QED) is 0.472. The van der Waals surface area contributed by atoms with Gasteiger partial charge < -0.3 is 0 Å². The maximum Gasteiger partial charge on any atom is 0.141 e. The topological polar surface area (TPSA) is 23.8 Å². The molecule has 0 aromatic heterocycles. The average molecular weight is 385 g/mol. The van der Waals surface area contributed by atoms with E-state index in [-0.39, 0.29) is 22.6 Å². The van der Waals surface area contributed by atoms with Crippen LogP contribution in [0.15, 0.2) is 30.3 Å². The number of nitrogens with zero attached hydrogens (tertiary/aromatic N) is 1. The molecule has 0 saturated heterocycles. The van der Waals surface area contributed by atoms with Crippen LogP contribution in [0.2, 0.25) is 0 Å². The third-order valence-electron chi connectivity index (χ3n) is 5.98. The first-order valence-corrected chi connectivity index (χ1v) is 10.2. The molecule has 28 heavy (non-hydrogen) atoms. The zero-order chi connectivity index (χ0) is 20.1. The van der Waals surface area contributed by atoms with Gasteiger partial charge in [-0.1, -0.05) is 38.7 Å². The lowest BCUT2D eigenvalue weighted by Crippen LogP contribution is -2.14. The van der Waals surface area contributed by atoms with Crippen LogP contribution < -0.4 is 0 Å². The van der Waals surface area contributed by atoms with Gasteiger partial charge in [0.05, 0.1) is 11.1 Å². The van der Waals surface area contributed by atoms with E-state index in [9.17, 15) is 13.2 Å². The fourth-order valence-corrected chi connectivity index (χ4v) is 4.33. The summed E-state index contributed by atoms with van der Waals surface area (Å²) in [5.41, 5.74) is 0.426. The number of halogens is 3.